The molecule has 3 N–H and O–H groups in total. The third-order valence-corrected chi connectivity index (χ3v) is 5.94. The van der Waals surface area contributed by atoms with Gasteiger partial charge in [0, 0.05) is 30.5 Å². The van der Waals surface area contributed by atoms with Crippen molar-refractivity contribution in [2.75, 3.05) is 13.2 Å². The number of hydrogen-bond acceptors (Lipinski definition) is 5. The average Bonchev–Trinajstić information content (AvgIpc) is 2.88. The normalized spacial score (nSPS) is 31.5. The number of aryl methyl sites for hydroxylation is 1. The van der Waals surface area contributed by atoms with Gasteiger partial charge in [-0.25, -0.2) is 9.97 Å². The molecule has 0 spiro atoms. The summed E-state index contributed by atoms with van der Waals surface area (Å²) < 4.78 is 0. The van der Waals surface area contributed by atoms with Crippen molar-refractivity contribution in [2.24, 2.45) is 17.8 Å². The molecule has 0 aliphatic heterocycles. The summed E-state index contributed by atoms with van der Waals surface area (Å²) in [6, 6.07) is 2.21. The molecule has 2 aliphatic rings. The maximum Gasteiger partial charge on any atom is 0.125 e. The molecule has 1 aromatic rings. The van der Waals surface area contributed by atoms with Gasteiger partial charge in [0.2, 0.25) is 0 Å². The first-order chi connectivity index (χ1) is 11.7. The molecular weight excluding hydrogens is 302 g/mol. The van der Waals surface area contributed by atoms with Crippen LogP contribution in [0.15, 0.2) is 12.3 Å². The van der Waals surface area contributed by atoms with Crippen molar-refractivity contribution in [1.29, 1.82) is 0 Å². The van der Waals surface area contributed by atoms with Crippen molar-refractivity contribution in [3.8, 4) is 0 Å². The summed E-state index contributed by atoms with van der Waals surface area (Å²) in [6.45, 7) is 2.97. The summed E-state index contributed by atoms with van der Waals surface area (Å²) in [4.78, 5) is 8.67. The monoisotopic (exact) mass is 333 g/mol. The largest absolute Gasteiger partial charge is 0.396 e. The van der Waals surface area contributed by atoms with Gasteiger partial charge in [0.1, 0.15) is 5.82 Å². The van der Waals surface area contributed by atoms with E-state index in [0.717, 1.165) is 36.8 Å². The summed E-state index contributed by atoms with van der Waals surface area (Å²) in [5.74, 6) is 1.70. The third-order valence-electron chi connectivity index (χ3n) is 5.94. The van der Waals surface area contributed by atoms with E-state index in [1.54, 1.807) is 6.20 Å². The Balaban J connectivity index is 1.64. The minimum absolute atomic E-state index is 0.0392. The van der Waals surface area contributed by atoms with Crippen molar-refractivity contribution >= 4 is 0 Å². The van der Waals surface area contributed by atoms with Crippen LogP contribution in [0.2, 0.25) is 0 Å². The van der Waals surface area contributed by atoms with E-state index in [-0.39, 0.29) is 24.5 Å². The van der Waals surface area contributed by atoms with Gasteiger partial charge in [0.15, 0.2) is 0 Å². The highest BCUT2D eigenvalue weighted by atomic mass is 16.3. The Bertz CT molecular complexity index is 519. The lowest BCUT2D eigenvalue weighted by Gasteiger charge is -2.28. The number of hydrogen-bond donors (Lipinski definition) is 3. The molecule has 134 valence electrons. The van der Waals surface area contributed by atoms with E-state index in [4.69, 9.17) is 0 Å². The summed E-state index contributed by atoms with van der Waals surface area (Å²) in [7, 11) is 0. The van der Waals surface area contributed by atoms with Crippen molar-refractivity contribution in [3.05, 3.63) is 23.8 Å². The molecule has 4 unspecified atom stereocenters. The van der Waals surface area contributed by atoms with Crippen LogP contribution >= 0.6 is 0 Å². The maximum absolute atomic E-state index is 10.4. The number of nitrogens with zero attached hydrogens (tertiary/aromatic N) is 2. The smallest absolute Gasteiger partial charge is 0.125 e. The maximum atomic E-state index is 10.4. The molecule has 0 aromatic carbocycles. The van der Waals surface area contributed by atoms with Crippen LogP contribution in [-0.2, 0) is 6.42 Å². The van der Waals surface area contributed by atoms with Crippen molar-refractivity contribution in [1.82, 2.24) is 15.3 Å². The predicted octanol–water partition coefficient (Wildman–Crippen LogP) is 1.86. The quantitative estimate of drug-likeness (QED) is 0.740. The van der Waals surface area contributed by atoms with Gasteiger partial charge in [0.25, 0.3) is 0 Å². The van der Waals surface area contributed by atoms with Gasteiger partial charge in [-0.3, -0.25) is 0 Å². The molecule has 1 heterocycles. The Hall–Kier alpha value is -1.04. The molecule has 24 heavy (non-hydrogen) atoms. The fraction of sp³-hybridized carbons (Fsp3) is 0.789. The standard InChI is InChI=1S/C19H31N3O2/c1-13-20-8-7-15(22-13)9-16-17(12-23)19(24)10-18(16)21-11-14-5-3-2-4-6-14/h7-8,14,16-19,21,23-24H,2-6,9-12H2,1H3. The minimum Gasteiger partial charge on any atom is -0.396 e. The Morgan fingerprint density at radius 3 is 2.71 bits per heavy atom. The van der Waals surface area contributed by atoms with E-state index >= 15 is 0 Å². The lowest BCUT2D eigenvalue weighted by molar-refractivity contribution is 0.0715. The fourth-order valence-electron chi connectivity index (χ4n) is 4.55. The summed E-state index contributed by atoms with van der Waals surface area (Å²) >= 11 is 0. The molecule has 0 bridgehead atoms. The van der Waals surface area contributed by atoms with Crippen LogP contribution in [0.25, 0.3) is 0 Å². The number of aliphatic hydroxyl groups is 2. The predicted molar refractivity (Wildman–Crippen MR) is 93.5 cm³/mol. The van der Waals surface area contributed by atoms with Crippen LogP contribution in [0.3, 0.4) is 0 Å². The second-order valence-electron chi connectivity index (χ2n) is 7.63. The van der Waals surface area contributed by atoms with Crippen LogP contribution in [0, 0.1) is 24.7 Å². The molecule has 5 heteroatoms. The zero-order valence-electron chi connectivity index (χ0n) is 14.7. The molecule has 0 amide bonds. The Labute approximate surface area is 144 Å². The first-order valence-corrected chi connectivity index (χ1v) is 9.48. The molecule has 5 nitrogen and oxygen atoms in total. The number of rotatable bonds is 6. The van der Waals surface area contributed by atoms with Gasteiger partial charge >= 0.3 is 0 Å². The van der Waals surface area contributed by atoms with Gasteiger partial charge < -0.3 is 15.5 Å². The zero-order chi connectivity index (χ0) is 16.9. The molecule has 4 atom stereocenters. The minimum atomic E-state index is -0.424. The lowest BCUT2D eigenvalue weighted by atomic mass is 9.87. The van der Waals surface area contributed by atoms with Crippen molar-refractivity contribution < 1.29 is 10.2 Å². The van der Waals surface area contributed by atoms with Gasteiger partial charge in [-0.1, -0.05) is 19.3 Å². The van der Waals surface area contributed by atoms with Gasteiger partial charge in [-0.15, -0.1) is 0 Å². The van der Waals surface area contributed by atoms with Gasteiger partial charge in [-0.2, -0.15) is 0 Å². The lowest BCUT2D eigenvalue weighted by Crippen LogP contribution is -2.39. The number of aromatic nitrogens is 2. The van der Waals surface area contributed by atoms with Crippen LogP contribution in [0.1, 0.15) is 50.0 Å². The zero-order valence-corrected chi connectivity index (χ0v) is 14.7. The first kappa shape index (κ1) is 17.8. The number of aliphatic hydroxyl groups excluding tert-OH is 2. The van der Waals surface area contributed by atoms with Crippen molar-refractivity contribution in [2.45, 2.75) is 64.0 Å². The Kier molecular flexibility index (Phi) is 6.19. The van der Waals surface area contributed by atoms with Gasteiger partial charge in [-0.05, 0) is 57.1 Å². The first-order valence-electron chi connectivity index (χ1n) is 9.48. The summed E-state index contributed by atoms with van der Waals surface area (Å²) in [5, 5.41) is 23.8. The highest BCUT2D eigenvalue weighted by Crippen LogP contribution is 2.35. The SMILES string of the molecule is Cc1nccc(CC2C(NCC3CCCCC3)CC(O)C2CO)n1. The summed E-state index contributed by atoms with van der Waals surface area (Å²) in [5.41, 5.74) is 1.00. The van der Waals surface area contributed by atoms with E-state index in [0.29, 0.717) is 0 Å². The van der Waals surface area contributed by atoms with Gasteiger partial charge in [0.05, 0.1) is 6.10 Å². The Morgan fingerprint density at radius 2 is 2.00 bits per heavy atom. The van der Waals surface area contributed by atoms with E-state index in [9.17, 15) is 10.2 Å². The molecule has 3 rings (SSSR count). The highest BCUT2D eigenvalue weighted by Gasteiger charge is 2.42. The van der Waals surface area contributed by atoms with Crippen LogP contribution < -0.4 is 5.32 Å². The molecular formula is C19H31N3O2. The van der Waals surface area contributed by atoms with Crippen molar-refractivity contribution in [3.63, 3.8) is 0 Å². The second kappa shape index (κ2) is 8.37. The third kappa shape index (κ3) is 4.32. The van der Waals surface area contributed by atoms with Crippen LogP contribution in [0.4, 0.5) is 0 Å². The van der Waals surface area contributed by atoms with E-state index in [2.05, 4.69) is 15.3 Å². The van der Waals surface area contributed by atoms with Crippen LogP contribution in [0.5, 0.6) is 0 Å². The Morgan fingerprint density at radius 1 is 1.21 bits per heavy atom. The molecule has 0 saturated heterocycles. The molecule has 0 radical (unpaired) electrons. The van der Waals surface area contributed by atoms with E-state index in [1.165, 1.54) is 32.1 Å². The average molecular weight is 333 g/mol. The molecule has 1 aromatic heterocycles. The molecule has 2 saturated carbocycles. The summed E-state index contributed by atoms with van der Waals surface area (Å²) in [6.07, 6.45) is 9.60. The molecule has 2 aliphatic carbocycles. The van der Waals surface area contributed by atoms with Crippen LogP contribution in [-0.4, -0.2) is 45.5 Å². The highest BCUT2D eigenvalue weighted by molar-refractivity contribution is 5.07. The topological polar surface area (TPSA) is 78.3 Å². The second-order valence-corrected chi connectivity index (χ2v) is 7.63. The fourth-order valence-corrected chi connectivity index (χ4v) is 4.55. The molecule has 2 fully saturated rings. The van der Waals surface area contributed by atoms with E-state index in [1.807, 2.05) is 13.0 Å². The number of nitrogens with one attached hydrogen (secondary N) is 1. The van der Waals surface area contributed by atoms with E-state index < -0.39 is 6.10 Å².